The van der Waals surface area contributed by atoms with Crippen molar-refractivity contribution in [3.05, 3.63) is 52.8 Å². The van der Waals surface area contributed by atoms with Gasteiger partial charge in [-0.1, -0.05) is 12.1 Å². The van der Waals surface area contributed by atoms with E-state index in [0.29, 0.717) is 31.6 Å². The minimum absolute atomic E-state index is 0.0345. The van der Waals surface area contributed by atoms with E-state index in [4.69, 9.17) is 5.11 Å². The van der Waals surface area contributed by atoms with E-state index in [1.807, 2.05) is 27.8 Å². The van der Waals surface area contributed by atoms with Crippen LogP contribution in [-0.2, 0) is 30.8 Å². The van der Waals surface area contributed by atoms with E-state index < -0.39 is 5.97 Å². The summed E-state index contributed by atoms with van der Waals surface area (Å²) in [6, 6.07) is 9.89. The van der Waals surface area contributed by atoms with Crippen LogP contribution >= 0.6 is 0 Å². The summed E-state index contributed by atoms with van der Waals surface area (Å²) in [5.74, 6) is -0.789. The van der Waals surface area contributed by atoms with Gasteiger partial charge in [0.2, 0.25) is 0 Å². The first kappa shape index (κ1) is 18.7. The van der Waals surface area contributed by atoms with Crippen molar-refractivity contribution in [2.75, 3.05) is 19.6 Å². The van der Waals surface area contributed by atoms with Gasteiger partial charge in [0.1, 0.15) is 0 Å². The molecule has 0 unspecified atom stereocenters. The highest BCUT2D eigenvalue weighted by atomic mass is 16.4. The number of carboxylic acid groups (broad SMARTS) is 1. The van der Waals surface area contributed by atoms with E-state index in [1.165, 1.54) is 18.4 Å². The van der Waals surface area contributed by atoms with Gasteiger partial charge >= 0.3 is 5.97 Å². The molecule has 7 nitrogen and oxygen atoms in total. The highest BCUT2D eigenvalue weighted by molar-refractivity contribution is 5.94. The molecule has 1 amide bonds. The Bertz CT molecular complexity index is 853. The third kappa shape index (κ3) is 4.25. The average Bonchev–Trinajstić information content (AvgIpc) is 3.35. The molecule has 0 spiro atoms. The Balaban J connectivity index is 1.38. The van der Waals surface area contributed by atoms with Crippen molar-refractivity contribution in [2.24, 2.45) is 0 Å². The van der Waals surface area contributed by atoms with Gasteiger partial charge in [0.25, 0.3) is 5.91 Å². The zero-order chi connectivity index (χ0) is 19.5. The van der Waals surface area contributed by atoms with E-state index in [-0.39, 0.29) is 12.3 Å². The first-order valence-corrected chi connectivity index (χ1v) is 9.96. The fraction of sp³-hybridized carbons (Fsp3) is 0.476. The highest BCUT2D eigenvalue weighted by Crippen LogP contribution is 2.18. The fourth-order valence-corrected chi connectivity index (χ4v) is 3.99. The maximum absolute atomic E-state index is 12.9. The molecule has 0 atom stereocenters. The molecule has 1 N–H and O–H groups in total. The summed E-state index contributed by atoms with van der Waals surface area (Å²) in [4.78, 5) is 27.9. The van der Waals surface area contributed by atoms with Gasteiger partial charge in [-0.3, -0.25) is 19.2 Å². The molecule has 3 heterocycles. The van der Waals surface area contributed by atoms with Crippen molar-refractivity contribution in [3.8, 4) is 0 Å². The summed E-state index contributed by atoms with van der Waals surface area (Å²) >= 11 is 0. The lowest BCUT2D eigenvalue weighted by molar-refractivity contribution is -0.136. The predicted molar refractivity (Wildman–Crippen MR) is 104 cm³/mol. The first-order chi connectivity index (χ1) is 13.6. The minimum atomic E-state index is -0.823. The Morgan fingerprint density at radius 2 is 1.79 bits per heavy atom. The summed E-state index contributed by atoms with van der Waals surface area (Å²) in [6.45, 7) is 5.04. The van der Waals surface area contributed by atoms with Crippen molar-refractivity contribution >= 4 is 11.9 Å². The number of amides is 1. The molecule has 1 aromatic heterocycles. The van der Waals surface area contributed by atoms with E-state index in [2.05, 4.69) is 22.1 Å². The van der Waals surface area contributed by atoms with E-state index in [0.717, 1.165) is 31.0 Å². The molecule has 0 bridgehead atoms. The van der Waals surface area contributed by atoms with Crippen molar-refractivity contribution in [1.29, 1.82) is 0 Å². The molecule has 2 aliphatic rings. The number of carboxylic acids is 1. The number of likely N-dealkylation sites (tertiary alicyclic amines) is 1. The maximum Gasteiger partial charge on any atom is 0.303 e. The molecule has 28 heavy (non-hydrogen) atoms. The van der Waals surface area contributed by atoms with E-state index in [9.17, 15) is 9.59 Å². The van der Waals surface area contributed by atoms with Crippen LogP contribution in [0.15, 0.2) is 30.3 Å². The SMILES string of the molecule is O=C(O)CCc1cc2n(n1)CCN(C(=O)c1ccc(CN3CCCC3)cc1)C2. The number of hydrogen-bond acceptors (Lipinski definition) is 4. The number of nitrogens with zero attached hydrogens (tertiary/aromatic N) is 4. The summed E-state index contributed by atoms with van der Waals surface area (Å²) in [6.07, 6.45) is 3.05. The third-order valence-electron chi connectivity index (χ3n) is 5.54. The summed E-state index contributed by atoms with van der Waals surface area (Å²) in [5, 5.41) is 13.3. The number of aromatic nitrogens is 2. The minimum Gasteiger partial charge on any atom is -0.481 e. The number of benzene rings is 1. The van der Waals surface area contributed by atoms with Gasteiger partial charge in [-0.05, 0) is 49.7 Å². The second kappa shape index (κ2) is 8.14. The molecule has 148 valence electrons. The van der Waals surface area contributed by atoms with Gasteiger partial charge in [0.15, 0.2) is 0 Å². The second-order valence-electron chi connectivity index (χ2n) is 7.65. The van der Waals surface area contributed by atoms with Gasteiger partial charge in [-0.15, -0.1) is 0 Å². The number of fused-ring (bicyclic) bond motifs is 1. The average molecular weight is 382 g/mol. The number of aliphatic carboxylic acids is 1. The predicted octanol–water partition coefficient (Wildman–Crippen LogP) is 2.15. The normalized spacial score (nSPS) is 16.9. The molecule has 1 aromatic carbocycles. The molecule has 7 heteroatoms. The molecule has 2 aromatic rings. The van der Waals surface area contributed by atoms with Crippen molar-refractivity contribution < 1.29 is 14.7 Å². The molecule has 2 aliphatic heterocycles. The van der Waals surface area contributed by atoms with Gasteiger partial charge < -0.3 is 10.0 Å². The Labute approximate surface area is 164 Å². The van der Waals surface area contributed by atoms with Crippen LogP contribution in [0.2, 0.25) is 0 Å². The topological polar surface area (TPSA) is 78.7 Å². The van der Waals surface area contributed by atoms with Crippen molar-refractivity contribution in [1.82, 2.24) is 19.6 Å². The highest BCUT2D eigenvalue weighted by Gasteiger charge is 2.23. The van der Waals surface area contributed by atoms with Crippen LogP contribution in [0.1, 0.15) is 46.6 Å². The van der Waals surface area contributed by atoms with Gasteiger partial charge in [0.05, 0.1) is 30.9 Å². The van der Waals surface area contributed by atoms with E-state index >= 15 is 0 Å². The van der Waals surface area contributed by atoms with Crippen LogP contribution in [-0.4, -0.2) is 56.2 Å². The quantitative estimate of drug-likeness (QED) is 0.828. The number of carbonyl (C=O) groups excluding carboxylic acids is 1. The summed E-state index contributed by atoms with van der Waals surface area (Å²) < 4.78 is 1.89. The molecule has 4 rings (SSSR count). The molecule has 0 radical (unpaired) electrons. The Kier molecular flexibility index (Phi) is 5.43. The monoisotopic (exact) mass is 382 g/mol. The van der Waals surface area contributed by atoms with Gasteiger partial charge in [-0.25, -0.2) is 0 Å². The van der Waals surface area contributed by atoms with Crippen LogP contribution in [0, 0.1) is 0 Å². The summed E-state index contributed by atoms with van der Waals surface area (Å²) in [7, 11) is 0. The Morgan fingerprint density at radius 1 is 1.04 bits per heavy atom. The van der Waals surface area contributed by atoms with Gasteiger partial charge in [0, 0.05) is 25.1 Å². The fourth-order valence-electron chi connectivity index (χ4n) is 3.99. The van der Waals surface area contributed by atoms with Crippen molar-refractivity contribution in [3.63, 3.8) is 0 Å². The Hall–Kier alpha value is -2.67. The largest absolute Gasteiger partial charge is 0.481 e. The van der Waals surface area contributed by atoms with Crippen LogP contribution in [0.4, 0.5) is 0 Å². The Morgan fingerprint density at radius 3 is 2.50 bits per heavy atom. The number of carbonyl (C=O) groups is 2. The second-order valence-corrected chi connectivity index (χ2v) is 7.65. The van der Waals surface area contributed by atoms with Crippen LogP contribution in [0.5, 0.6) is 0 Å². The molecule has 1 saturated heterocycles. The molecule has 0 aliphatic carbocycles. The summed E-state index contributed by atoms with van der Waals surface area (Å²) in [5.41, 5.74) is 3.70. The van der Waals surface area contributed by atoms with E-state index in [1.54, 1.807) is 0 Å². The molecule has 0 saturated carbocycles. The standard InChI is InChI=1S/C21H26N4O3/c26-20(27)8-7-18-13-19-15-24(11-12-25(19)22-18)21(28)17-5-3-16(4-6-17)14-23-9-1-2-10-23/h3-6,13H,1-2,7-12,14-15H2,(H,26,27). The zero-order valence-electron chi connectivity index (χ0n) is 16.0. The lowest BCUT2D eigenvalue weighted by Gasteiger charge is -2.27. The zero-order valence-corrected chi connectivity index (χ0v) is 16.0. The third-order valence-corrected chi connectivity index (χ3v) is 5.54. The lowest BCUT2D eigenvalue weighted by atomic mass is 10.1. The maximum atomic E-state index is 12.9. The number of rotatable bonds is 6. The first-order valence-electron chi connectivity index (χ1n) is 9.96. The number of aryl methyl sites for hydroxylation is 1. The molecule has 1 fully saturated rings. The van der Waals surface area contributed by atoms with Crippen molar-refractivity contribution in [2.45, 2.75) is 45.3 Å². The smallest absolute Gasteiger partial charge is 0.303 e. The van der Waals surface area contributed by atoms with Gasteiger partial charge in [-0.2, -0.15) is 5.10 Å². The van der Waals surface area contributed by atoms with Crippen LogP contribution in [0.25, 0.3) is 0 Å². The van der Waals surface area contributed by atoms with Crippen LogP contribution in [0.3, 0.4) is 0 Å². The molecular formula is C21H26N4O3. The van der Waals surface area contributed by atoms with Crippen LogP contribution < -0.4 is 0 Å². The molecular weight excluding hydrogens is 356 g/mol. The lowest BCUT2D eigenvalue weighted by Crippen LogP contribution is -2.38. The number of hydrogen-bond donors (Lipinski definition) is 1.